The summed E-state index contributed by atoms with van der Waals surface area (Å²) < 4.78 is 0.898. The average Bonchev–Trinajstić information content (AvgIpc) is 2.36. The number of carbonyl (C=O) groups is 1. The minimum atomic E-state index is -0.0143. The van der Waals surface area contributed by atoms with E-state index < -0.39 is 0 Å². The van der Waals surface area contributed by atoms with E-state index >= 15 is 0 Å². The van der Waals surface area contributed by atoms with Gasteiger partial charge in [0.25, 0.3) is 0 Å². The smallest absolute Gasteiger partial charge is 0.238 e. The van der Waals surface area contributed by atoms with Crippen molar-refractivity contribution in [3.8, 4) is 0 Å². The lowest BCUT2D eigenvalue weighted by molar-refractivity contribution is -0.115. The number of nitrogens with one attached hydrogen (secondary N) is 2. The van der Waals surface area contributed by atoms with Crippen LogP contribution in [-0.2, 0) is 4.79 Å². The highest BCUT2D eigenvalue weighted by Crippen LogP contribution is 2.20. The summed E-state index contributed by atoms with van der Waals surface area (Å²) in [7, 11) is 4.14. The summed E-state index contributed by atoms with van der Waals surface area (Å²) in [6.45, 7) is 2.31. The van der Waals surface area contributed by atoms with E-state index in [2.05, 4.69) is 45.6 Å². The minimum Gasteiger partial charge on any atom is -0.324 e. The third-order valence-electron chi connectivity index (χ3n) is 2.64. The van der Waals surface area contributed by atoms with Gasteiger partial charge in [0.15, 0.2) is 0 Å². The van der Waals surface area contributed by atoms with Gasteiger partial charge in [0.2, 0.25) is 5.91 Å². The molecule has 1 aromatic carbocycles. The van der Waals surface area contributed by atoms with Gasteiger partial charge in [-0.2, -0.15) is 0 Å². The predicted molar refractivity (Wildman–Crippen MR) is 83.4 cm³/mol. The average molecular weight is 328 g/mol. The topological polar surface area (TPSA) is 44.4 Å². The molecule has 0 atom stereocenters. The molecule has 0 aliphatic carbocycles. The van der Waals surface area contributed by atoms with E-state index in [4.69, 9.17) is 0 Å². The van der Waals surface area contributed by atoms with Crippen molar-refractivity contribution in [2.75, 3.05) is 39.0 Å². The second-order valence-electron chi connectivity index (χ2n) is 4.72. The summed E-state index contributed by atoms with van der Waals surface area (Å²) >= 11 is 3.40. The quantitative estimate of drug-likeness (QED) is 0.720. The molecule has 1 aromatic rings. The highest BCUT2D eigenvalue weighted by atomic mass is 79.9. The highest BCUT2D eigenvalue weighted by Gasteiger charge is 2.03. The molecule has 5 heteroatoms. The molecule has 0 spiro atoms. The van der Waals surface area contributed by atoms with E-state index in [-0.39, 0.29) is 5.91 Å². The Balaban J connectivity index is 2.13. The first-order valence-electron chi connectivity index (χ1n) is 6.49. The SMILES string of the molecule is CN(C)CCCCNCC(=O)Nc1ccccc1Br. The first-order chi connectivity index (χ1) is 9.09. The number of amides is 1. The maximum atomic E-state index is 11.7. The zero-order valence-corrected chi connectivity index (χ0v) is 13.2. The molecule has 0 aliphatic heterocycles. The van der Waals surface area contributed by atoms with Gasteiger partial charge in [0.1, 0.15) is 0 Å². The molecule has 1 rings (SSSR count). The van der Waals surface area contributed by atoms with E-state index in [0.29, 0.717) is 6.54 Å². The second kappa shape index (κ2) is 9.07. The summed E-state index contributed by atoms with van der Waals surface area (Å²) in [5.41, 5.74) is 0.807. The van der Waals surface area contributed by atoms with Crippen molar-refractivity contribution < 1.29 is 4.79 Å². The van der Waals surface area contributed by atoms with Crippen LogP contribution in [-0.4, -0.2) is 44.5 Å². The minimum absolute atomic E-state index is 0.0143. The molecule has 0 aromatic heterocycles. The number of carbonyl (C=O) groups excluding carboxylic acids is 1. The lowest BCUT2D eigenvalue weighted by Crippen LogP contribution is -2.29. The van der Waals surface area contributed by atoms with Crippen LogP contribution in [0.3, 0.4) is 0 Å². The first kappa shape index (κ1) is 16.1. The van der Waals surface area contributed by atoms with Crippen LogP contribution in [0.2, 0.25) is 0 Å². The van der Waals surface area contributed by atoms with Gasteiger partial charge in [-0.05, 0) is 68.1 Å². The molecule has 4 nitrogen and oxygen atoms in total. The summed E-state index contributed by atoms with van der Waals surface area (Å²) in [6.07, 6.45) is 2.23. The van der Waals surface area contributed by atoms with Crippen molar-refractivity contribution in [3.63, 3.8) is 0 Å². The third kappa shape index (κ3) is 7.30. The van der Waals surface area contributed by atoms with Crippen molar-refractivity contribution in [3.05, 3.63) is 28.7 Å². The molecule has 1 amide bonds. The Kier molecular flexibility index (Phi) is 7.70. The number of hydrogen-bond donors (Lipinski definition) is 2. The zero-order valence-electron chi connectivity index (χ0n) is 11.6. The Labute approximate surface area is 123 Å². The van der Waals surface area contributed by atoms with Gasteiger partial charge in [-0.25, -0.2) is 0 Å². The Morgan fingerprint density at radius 2 is 2.00 bits per heavy atom. The molecule has 0 unspecified atom stereocenters. The molecule has 0 aliphatic rings. The summed E-state index contributed by atoms with van der Waals surface area (Å²) in [4.78, 5) is 13.9. The molecule has 106 valence electrons. The van der Waals surface area contributed by atoms with E-state index in [1.165, 1.54) is 0 Å². The number of nitrogens with zero attached hydrogens (tertiary/aromatic N) is 1. The summed E-state index contributed by atoms with van der Waals surface area (Å²) in [5.74, 6) is -0.0143. The lowest BCUT2D eigenvalue weighted by atomic mass is 10.3. The number of anilines is 1. The van der Waals surface area contributed by atoms with Gasteiger partial charge in [0.05, 0.1) is 12.2 Å². The monoisotopic (exact) mass is 327 g/mol. The van der Waals surface area contributed by atoms with Gasteiger partial charge < -0.3 is 15.5 Å². The van der Waals surface area contributed by atoms with Gasteiger partial charge in [-0.1, -0.05) is 12.1 Å². The van der Waals surface area contributed by atoms with Crippen LogP contribution in [0, 0.1) is 0 Å². The summed E-state index contributed by atoms with van der Waals surface area (Å²) in [6, 6.07) is 7.60. The zero-order chi connectivity index (χ0) is 14.1. The van der Waals surface area contributed by atoms with Crippen molar-refractivity contribution >= 4 is 27.5 Å². The Morgan fingerprint density at radius 3 is 2.68 bits per heavy atom. The van der Waals surface area contributed by atoms with E-state index in [1.807, 2.05) is 24.3 Å². The lowest BCUT2D eigenvalue weighted by Gasteiger charge is -2.10. The van der Waals surface area contributed by atoms with Crippen LogP contribution >= 0.6 is 15.9 Å². The first-order valence-corrected chi connectivity index (χ1v) is 7.28. The highest BCUT2D eigenvalue weighted by molar-refractivity contribution is 9.10. The molecular formula is C14H22BrN3O. The number of benzene rings is 1. The molecular weight excluding hydrogens is 306 g/mol. The largest absolute Gasteiger partial charge is 0.324 e. The molecule has 0 bridgehead atoms. The van der Waals surface area contributed by atoms with Gasteiger partial charge in [-0.3, -0.25) is 4.79 Å². The fraction of sp³-hybridized carbons (Fsp3) is 0.500. The second-order valence-corrected chi connectivity index (χ2v) is 5.57. The van der Waals surface area contributed by atoms with E-state index in [0.717, 1.165) is 36.1 Å². The standard InChI is InChI=1S/C14H22BrN3O/c1-18(2)10-6-5-9-16-11-14(19)17-13-8-4-3-7-12(13)15/h3-4,7-8,16H,5-6,9-11H2,1-2H3,(H,17,19). The normalized spacial score (nSPS) is 10.7. The third-order valence-corrected chi connectivity index (χ3v) is 3.33. The maximum Gasteiger partial charge on any atom is 0.238 e. The molecule has 0 saturated heterocycles. The molecule has 19 heavy (non-hydrogen) atoms. The van der Waals surface area contributed by atoms with Gasteiger partial charge in [0, 0.05) is 4.47 Å². The molecule has 0 heterocycles. The van der Waals surface area contributed by atoms with Crippen LogP contribution in [0.5, 0.6) is 0 Å². The number of halogens is 1. The van der Waals surface area contributed by atoms with Crippen LogP contribution in [0.1, 0.15) is 12.8 Å². The van der Waals surface area contributed by atoms with E-state index in [1.54, 1.807) is 0 Å². The number of rotatable bonds is 8. The van der Waals surface area contributed by atoms with Crippen molar-refractivity contribution in [1.29, 1.82) is 0 Å². The fourth-order valence-corrected chi connectivity index (χ4v) is 2.02. The Bertz CT molecular complexity index is 396. The summed E-state index contributed by atoms with van der Waals surface area (Å²) in [5, 5.41) is 6.02. The predicted octanol–water partition coefficient (Wildman–Crippen LogP) is 2.32. The number of hydrogen-bond acceptors (Lipinski definition) is 3. The van der Waals surface area contributed by atoms with Crippen molar-refractivity contribution in [1.82, 2.24) is 10.2 Å². The van der Waals surface area contributed by atoms with Crippen LogP contribution < -0.4 is 10.6 Å². The molecule has 0 radical (unpaired) electrons. The van der Waals surface area contributed by atoms with Crippen LogP contribution in [0.15, 0.2) is 28.7 Å². The van der Waals surface area contributed by atoms with Crippen molar-refractivity contribution in [2.45, 2.75) is 12.8 Å². The fourth-order valence-electron chi connectivity index (χ4n) is 1.64. The van der Waals surface area contributed by atoms with Gasteiger partial charge >= 0.3 is 0 Å². The van der Waals surface area contributed by atoms with Gasteiger partial charge in [-0.15, -0.1) is 0 Å². The maximum absolute atomic E-state index is 11.7. The number of para-hydroxylation sites is 1. The molecule has 0 fully saturated rings. The van der Waals surface area contributed by atoms with Crippen LogP contribution in [0.25, 0.3) is 0 Å². The Morgan fingerprint density at radius 1 is 1.26 bits per heavy atom. The van der Waals surface area contributed by atoms with E-state index in [9.17, 15) is 4.79 Å². The van der Waals surface area contributed by atoms with Crippen LogP contribution in [0.4, 0.5) is 5.69 Å². The Hall–Kier alpha value is -0.910. The molecule has 2 N–H and O–H groups in total. The number of unbranched alkanes of at least 4 members (excludes halogenated alkanes) is 1. The van der Waals surface area contributed by atoms with Crippen molar-refractivity contribution in [2.24, 2.45) is 0 Å². The molecule has 0 saturated carbocycles.